The first-order chi connectivity index (χ1) is 10.6. The first-order valence-electron chi connectivity index (χ1n) is 7.96. The second-order valence-electron chi connectivity index (χ2n) is 6.18. The standard InChI is InChI=1S/C16H22ClN3O2/c17-12-3-4-15(18-10-12)16(22)19-8-5-13(6-9-19)20-7-1-2-14(21)11-20/h3-4,10,13-14,21H,1-2,5-9,11H2/t14-/m1/s1. The quantitative estimate of drug-likeness (QED) is 0.901. The summed E-state index contributed by atoms with van der Waals surface area (Å²) in [5, 5.41) is 10.3. The third kappa shape index (κ3) is 3.59. The molecule has 5 nitrogen and oxygen atoms in total. The summed E-state index contributed by atoms with van der Waals surface area (Å²) < 4.78 is 0. The predicted octanol–water partition coefficient (Wildman–Crippen LogP) is 1.80. The minimum atomic E-state index is -0.188. The highest BCUT2D eigenvalue weighted by molar-refractivity contribution is 6.30. The molecule has 0 unspecified atom stereocenters. The molecule has 0 aromatic carbocycles. The number of rotatable bonds is 2. The molecular weight excluding hydrogens is 302 g/mol. The predicted molar refractivity (Wildman–Crippen MR) is 85.0 cm³/mol. The molecule has 0 radical (unpaired) electrons. The van der Waals surface area contributed by atoms with Crippen LogP contribution >= 0.6 is 11.6 Å². The van der Waals surface area contributed by atoms with Crippen molar-refractivity contribution in [1.29, 1.82) is 0 Å². The van der Waals surface area contributed by atoms with E-state index in [2.05, 4.69) is 9.88 Å². The number of carbonyl (C=O) groups excluding carboxylic acids is 1. The fourth-order valence-electron chi connectivity index (χ4n) is 3.41. The molecule has 1 N–H and O–H groups in total. The van der Waals surface area contributed by atoms with Crippen LogP contribution in [0.1, 0.15) is 36.2 Å². The summed E-state index contributed by atoms with van der Waals surface area (Å²) in [7, 11) is 0. The number of amides is 1. The highest BCUT2D eigenvalue weighted by Gasteiger charge is 2.30. The second-order valence-corrected chi connectivity index (χ2v) is 6.61. The fraction of sp³-hybridized carbons (Fsp3) is 0.625. The van der Waals surface area contributed by atoms with Crippen LogP contribution in [0.3, 0.4) is 0 Å². The molecule has 120 valence electrons. The second kappa shape index (κ2) is 6.94. The largest absolute Gasteiger partial charge is 0.392 e. The van der Waals surface area contributed by atoms with E-state index in [0.29, 0.717) is 16.8 Å². The van der Waals surface area contributed by atoms with Gasteiger partial charge in [0.15, 0.2) is 0 Å². The molecule has 3 rings (SSSR count). The van der Waals surface area contributed by atoms with Crippen LogP contribution in [0, 0.1) is 0 Å². The van der Waals surface area contributed by atoms with Crippen molar-refractivity contribution in [3.05, 3.63) is 29.0 Å². The Morgan fingerprint density at radius 2 is 2.00 bits per heavy atom. The molecule has 1 aromatic rings. The van der Waals surface area contributed by atoms with Crippen molar-refractivity contribution in [3.8, 4) is 0 Å². The van der Waals surface area contributed by atoms with E-state index >= 15 is 0 Å². The molecule has 0 aliphatic carbocycles. The molecule has 2 aliphatic rings. The Hall–Kier alpha value is -1.17. The Morgan fingerprint density at radius 3 is 2.64 bits per heavy atom. The Balaban J connectivity index is 1.55. The third-order valence-electron chi connectivity index (χ3n) is 4.64. The van der Waals surface area contributed by atoms with Gasteiger partial charge in [0.05, 0.1) is 11.1 Å². The number of aliphatic hydroxyl groups is 1. The molecule has 2 fully saturated rings. The van der Waals surface area contributed by atoms with Gasteiger partial charge in [0.2, 0.25) is 0 Å². The average Bonchev–Trinajstić information content (AvgIpc) is 2.55. The average molecular weight is 324 g/mol. The molecule has 1 aromatic heterocycles. The minimum Gasteiger partial charge on any atom is -0.392 e. The first kappa shape index (κ1) is 15.7. The highest BCUT2D eigenvalue weighted by atomic mass is 35.5. The van der Waals surface area contributed by atoms with E-state index in [0.717, 1.165) is 51.9 Å². The van der Waals surface area contributed by atoms with Crippen LogP contribution < -0.4 is 0 Å². The SMILES string of the molecule is O=C(c1ccc(Cl)cn1)N1CCC(N2CCC[C@@H](O)C2)CC1. The maximum Gasteiger partial charge on any atom is 0.272 e. The van der Waals surface area contributed by atoms with E-state index in [4.69, 9.17) is 11.6 Å². The number of piperidine rings is 2. The number of likely N-dealkylation sites (tertiary alicyclic amines) is 2. The van der Waals surface area contributed by atoms with E-state index in [9.17, 15) is 9.90 Å². The number of carbonyl (C=O) groups is 1. The number of aliphatic hydroxyl groups excluding tert-OH is 1. The normalized spacial score (nSPS) is 24.5. The zero-order valence-electron chi connectivity index (χ0n) is 12.6. The first-order valence-corrected chi connectivity index (χ1v) is 8.34. The zero-order chi connectivity index (χ0) is 15.5. The maximum atomic E-state index is 12.4. The summed E-state index contributed by atoms with van der Waals surface area (Å²) in [6, 6.07) is 3.86. The number of β-amino-alcohol motifs (C(OH)–C–C–N with tert-alkyl or cyclic N) is 1. The number of nitrogens with zero attached hydrogens (tertiary/aromatic N) is 3. The maximum absolute atomic E-state index is 12.4. The van der Waals surface area contributed by atoms with E-state index < -0.39 is 0 Å². The van der Waals surface area contributed by atoms with Crippen LogP contribution in [0.2, 0.25) is 5.02 Å². The highest BCUT2D eigenvalue weighted by Crippen LogP contribution is 2.22. The van der Waals surface area contributed by atoms with E-state index in [1.807, 2.05) is 4.90 Å². The lowest BCUT2D eigenvalue weighted by Gasteiger charge is -2.41. The minimum absolute atomic E-state index is 0.0196. The lowest BCUT2D eigenvalue weighted by molar-refractivity contribution is 0.0239. The Bertz CT molecular complexity index is 515. The lowest BCUT2D eigenvalue weighted by atomic mass is 9.99. The van der Waals surface area contributed by atoms with Gasteiger partial charge in [-0.1, -0.05) is 11.6 Å². The molecule has 2 saturated heterocycles. The third-order valence-corrected chi connectivity index (χ3v) is 4.87. The summed E-state index contributed by atoms with van der Waals surface area (Å²) in [5.74, 6) is -0.0196. The van der Waals surface area contributed by atoms with Gasteiger partial charge in [0.25, 0.3) is 5.91 Å². The van der Waals surface area contributed by atoms with E-state index in [-0.39, 0.29) is 12.0 Å². The Kier molecular flexibility index (Phi) is 4.96. The van der Waals surface area contributed by atoms with Gasteiger partial charge in [-0.25, -0.2) is 4.98 Å². The van der Waals surface area contributed by atoms with Crippen LogP contribution in [0.15, 0.2) is 18.3 Å². The summed E-state index contributed by atoms with van der Waals surface area (Å²) in [4.78, 5) is 20.8. The van der Waals surface area contributed by atoms with Crippen molar-refractivity contribution in [2.75, 3.05) is 26.2 Å². The van der Waals surface area contributed by atoms with Crippen molar-refractivity contribution in [1.82, 2.24) is 14.8 Å². The molecule has 3 heterocycles. The lowest BCUT2D eigenvalue weighted by Crippen LogP contribution is -2.50. The molecule has 2 aliphatic heterocycles. The van der Waals surface area contributed by atoms with Crippen LogP contribution in [-0.2, 0) is 0 Å². The molecule has 6 heteroatoms. The Morgan fingerprint density at radius 1 is 1.23 bits per heavy atom. The smallest absolute Gasteiger partial charge is 0.272 e. The van der Waals surface area contributed by atoms with Crippen molar-refractivity contribution in [2.45, 2.75) is 37.8 Å². The van der Waals surface area contributed by atoms with E-state index in [1.165, 1.54) is 6.20 Å². The fourth-order valence-corrected chi connectivity index (χ4v) is 3.53. The monoisotopic (exact) mass is 323 g/mol. The van der Waals surface area contributed by atoms with Gasteiger partial charge in [0.1, 0.15) is 5.69 Å². The van der Waals surface area contributed by atoms with Gasteiger partial charge in [-0.2, -0.15) is 0 Å². The van der Waals surface area contributed by atoms with Gasteiger partial charge in [0, 0.05) is 31.9 Å². The van der Waals surface area contributed by atoms with Crippen molar-refractivity contribution < 1.29 is 9.90 Å². The van der Waals surface area contributed by atoms with Crippen LogP contribution in [-0.4, -0.2) is 64.1 Å². The molecule has 1 atom stereocenters. The van der Waals surface area contributed by atoms with Crippen LogP contribution in [0.5, 0.6) is 0 Å². The summed E-state index contributed by atoms with van der Waals surface area (Å²) in [6.45, 7) is 3.34. The van der Waals surface area contributed by atoms with Gasteiger partial charge in [-0.05, 0) is 44.4 Å². The molecular formula is C16H22ClN3O2. The van der Waals surface area contributed by atoms with E-state index in [1.54, 1.807) is 12.1 Å². The van der Waals surface area contributed by atoms with Crippen LogP contribution in [0.25, 0.3) is 0 Å². The molecule has 22 heavy (non-hydrogen) atoms. The number of halogens is 1. The molecule has 0 saturated carbocycles. The van der Waals surface area contributed by atoms with Crippen molar-refractivity contribution in [3.63, 3.8) is 0 Å². The summed E-state index contributed by atoms with van der Waals surface area (Å²) >= 11 is 5.81. The summed E-state index contributed by atoms with van der Waals surface area (Å²) in [6.07, 6.45) is 5.23. The summed E-state index contributed by atoms with van der Waals surface area (Å²) in [5.41, 5.74) is 0.455. The van der Waals surface area contributed by atoms with Crippen LogP contribution in [0.4, 0.5) is 0 Å². The topological polar surface area (TPSA) is 56.7 Å². The molecule has 0 spiro atoms. The molecule has 0 bridgehead atoms. The number of pyridine rings is 1. The van der Waals surface area contributed by atoms with Crippen molar-refractivity contribution >= 4 is 17.5 Å². The number of hydrogen-bond acceptors (Lipinski definition) is 4. The number of hydrogen-bond donors (Lipinski definition) is 1. The van der Waals surface area contributed by atoms with Gasteiger partial charge < -0.3 is 10.0 Å². The van der Waals surface area contributed by atoms with Gasteiger partial charge in [-0.15, -0.1) is 0 Å². The van der Waals surface area contributed by atoms with Gasteiger partial charge in [-0.3, -0.25) is 9.69 Å². The van der Waals surface area contributed by atoms with Crippen molar-refractivity contribution in [2.24, 2.45) is 0 Å². The molecule has 1 amide bonds. The van der Waals surface area contributed by atoms with Gasteiger partial charge >= 0.3 is 0 Å². The number of aromatic nitrogens is 1. The Labute approximate surface area is 135 Å². The zero-order valence-corrected chi connectivity index (χ0v) is 13.4.